The van der Waals surface area contributed by atoms with Crippen molar-refractivity contribution in [2.75, 3.05) is 0 Å². The molecule has 0 bridgehead atoms. The minimum absolute atomic E-state index is 0.354. The fourth-order valence-electron chi connectivity index (χ4n) is 3.51. The molecule has 0 amide bonds. The number of para-hydroxylation sites is 1. The van der Waals surface area contributed by atoms with Crippen molar-refractivity contribution in [2.24, 2.45) is 0 Å². The first-order chi connectivity index (χ1) is 14.7. The average Bonchev–Trinajstić information content (AvgIpc) is 3.16. The Morgan fingerprint density at radius 1 is 0.967 bits per heavy atom. The normalized spacial score (nSPS) is 11.2. The topological polar surface area (TPSA) is 70.2 Å². The zero-order valence-corrected chi connectivity index (χ0v) is 16.4. The molecule has 0 aliphatic heterocycles. The van der Waals surface area contributed by atoms with Gasteiger partial charge in [-0.25, -0.2) is 9.48 Å². The molecule has 3 aromatic carbocycles. The SMILES string of the molecule is Cc1cc(=O)oc2cc(OCc3ccc(Cn4nnc5ccccc54)cc3)ccc12. The zero-order valence-electron chi connectivity index (χ0n) is 16.4. The quantitative estimate of drug-likeness (QED) is 0.409. The lowest BCUT2D eigenvalue weighted by molar-refractivity contribution is 0.306. The molecule has 0 unspecified atom stereocenters. The molecule has 30 heavy (non-hydrogen) atoms. The van der Waals surface area contributed by atoms with E-state index in [0.717, 1.165) is 33.1 Å². The Balaban J connectivity index is 1.28. The summed E-state index contributed by atoms with van der Waals surface area (Å²) in [7, 11) is 0. The van der Waals surface area contributed by atoms with Crippen molar-refractivity contribution < 1.29 is 9.15 Å². The fraction of sp³-hybridized carbons (Fsp3) is 0.125. The van der Waals surface area contributed by atoms with Gasteiger partial charge in [-0.15, -0.1) is 5.10 Å². The van der Waals surface area contributed by atoms with Crippen molar-refractivity contribution in [1.82, 2.24) is 15.0 Å². The molecule has 5 aromatic rings. The summed E-state index contributed by atoms with van der Waals surface area (Å²) in [6, 6.07) is 23.2. The van der Waals surface area contributed by atoms with Crippen molar-refractivity contribution in [3.05, 3.63) is 99.9 Å². The van der Waals surface area contributed by atoms with Gasteiger partial charge in [0.2, 0.25) is 0 Å². The summed E-state index contributed by atoms with van der Waals surface area (Å²) >= 11 is 0. The van der Waals surface area contributed by atoms with E-state index in [4.69, 9.17) is 9.15 Å². The molecule has 0 fully saturated rings. The van der Waals surface area contributed by atoms with Crippen molar-refractivity contribution in [3.63, 3.8) is 0 Å². The van der Waals surface area contributed by atoms with E-state index in [0.29, 0.717) is 24.5 Å². The molecule has 2 heterocycles. The first kappa shape index (κ1) is 18.1. The number of rotatable bonds is 5. The Kier molecular flexibility index (Phi) is 4.52. The van der Waals surface area contributed by atoms with Crippen LogP contribution in [0.25, 0.3) is 22.0 Å². The van der Waals surface area contributed by atoms with Crippen molar-refractivity contribution >= 4 is 22.0 Å². The Hall–Kier alpha value is -3.93. The van der Waals surface area contributed by atoms with Crippen LogP contribution < -0.4 is 10.4 Å². The van der Waals surface area contributed by atoms with E-state index < -0.39 is 0 Å². The van der Waals surface area contributed by atoms with Gasteiger partial charge in [-0.2, -0.15) is 0 Å². The summed E-state index contributed by atoms with van der Waals surface area (Å²) < 4.78 is 13.1. The zero-order chi connectivity index (χ0) is 20.5. The van der Waals surface area contributed by atoms with Crippen LogP contribution in [-0.4, -0.2) is 15.0 Å². The van der Waals surface area contributed by atoms with E-state index in [2.05, 4.69) is 22.4 Å². The van der Waals surface area contributed by atoms with Gasteiger partial charge in [0.25, 0.3) is 0 Å². The van der Waals surface area contributed by atoms with E-state index in [-0.39, 0.29) is 5.63 Å². The van der Waals surface area contributed by atoms with Crippen LogP contribution in [0.5, 0.6) is 5.75 Å². The second-order valence-electron chi connectivity index (χ2n) is 7.25. The summed E-state index contributed by atoms with van der Waals surface area (Å²) in [4.78, 5) is 11.6. The minimum Gasteiger partial charge on any atom is -0.489 e. The fourth-order valence-corrected chi connectivity index (χ4v) is 3.51. The molecule has 0 N–H and O–H groups in total. The van der Waals surface area contributed by atoms with Gasteiger partial charge >= 0.3 is 5.63 Å². The maximum atomic E-state index is 11.6. The maximum absolute atomic E-state index is 11.6. The summed E-state index contributed by atoms with van der Waals surface area (Å²) in [5, 5.41) is 9.34. The predicted molar refractivity (Wildman–Crippen MR) is 115 cm³/mol. The van der Waals surface area contributed by atoms with Crippen LogP contribution in [0.1, 0.15) is 16.7 Å². The number of hydrogen-bond donors (Lipinski definition) is 0. The van der Waals surface area contributed by atoms with E-state index >= 15 is 0 Å². The second kappa shape index (κ2) is 7.48. The Morgan fingerprint density at radius 2 is 1.77 bits per heavy atom. The number of benzene rings is 3. The molecular formula is C24H19N3O3. The van der Waals surface area contributed by atoms with Gasteiger partial charge in [0.05, 0.1) is 12.1 Å². The van der Waals surface area contributed by atoms with Gasteiger partial charge in [0.15, 0.2) is 0 Å². The van der Waals surface area contributed by atoms with Gasteiger partial charge in [0.1, 0.15) is 23.5 Å². The summed E-state index contributed by atoms with van der Waals surface area (Å²) in [5.41, 5.74) is 5.17. The molecular weight excluding hydrogens is 378 g/mol. The molecule has 6 nitrogen and oxygen atoms in total. The number of fused-ring (bicyclic) bond motifs is 2. The molecule has 0 spiro atoms. The van der Waals surface area contributed by atoms with E-state index in [1.54, 1.807) is 6.07 Å². The highest BCUT2D eigenvalue weighted by atomic mass is 16.5. The molecule has 148 valence electrons. The lowest BCUT2D eigenvalue weighted by Crippen LogP contribution is -2.02. The number of aromatic nitrogens is 3. The molecule has 2 aromatic heterocycles. The number of hydrogen-bond acceptors (Lipinski definition) is 5. The molecule has 0 atom stereocenters. The average molecular weight is 397 g/mol. The van der Waals surface area contributed by atoms with Crippen molar-refractivity contribution in [1.29, 1.82) is 0 Å². The van der Waals surface area contributed by atoms with Crippen LogP contribution in [0.3, 0.4) is 0 Å². The van der Waals surface area contributed by atoms with Crippen LogP contribution in [-0.2, 0) is 13.2 Å². The lowest BCUT2D eigenvalue weighted by atomic mass is 10.1. The minimum atomic E-state index is -0.354. The smallest absolute Gasteiger partial charge is 0.336 e. The highest BCUT2D eigenvalue weighted by Crippen LogP contribution is 2.23. The van der Waals surface area contributed by atoms with Gasteiger partial charge in [-0.05, 0) is 47.9 Å². The first-order valence-corrected chi connectivity index (χ1v) is 9.69. The van der Waals surface area contributed by atoms with Crippen molar-refractivity contribution in [2.45, 2.75) is 20.1 Å². The maximum Gasteiger partial charge on any atom is 0.336 e. The third-order valence-corrected chi connectivity index (χ3v) is 5.10. The monoisotopic (exact) mass is 397 g/mol. The summed E-state index contributed by atoms with van der Waals surface area (Å²) in [6.45, 7) is 2.97. The van der Waals surface area contributed by atoms with Gasteiger partial charge in [-0.1, -0.05) is 41.6 Å². The number of aryl methyl sites for hydroxylation is 1. The van der Waals surface area contributed by atoms with Crippen LogP contribution in [0.4, 0.5) is 0 Å². The third kappa shape index (κ3) is 3.55. The molecule has 6 heteroatoms. The Morgan fingerprint density at radius 3 is 2.63 bits per heavy atom. The second-order valence-corrected chi connectivity index (χ2v) is 7.25. The highest BCUT2D eigenvalue weighted by molar-refractivity contribution is 5.81. The van der Waals surface area contributed by atoms with Crippen LogP contribution in [0.2, 0.25) is 0 Å². The highest BCUT2D eigenvalue weighted by Gasteiger charge is 2.06. The molecule has 0 saturated carbocycles. The molecule has 0 aliphatic carbocycles. The third-order valence-electron chi connectivity index (χ3n) is 5.10. The van der Waals surface area contributed by atoms with Crippen LogP contribution >= 0.6 is 0 Å². The number of ether oxygens (including phenoxy) is 1. The van der Waals surface area contributed by atoms with Crippen LogP contribution in [0, 0.1) is 6.92 Å². The van der Waals surface area contributed by atoms with Gasteiger partial charge < -0.3 is 9.15 Å². The summed E-state index contributed by atoms with van der Waals surface area (Å²) in [5.74, 6) is 0.661. The van der Waals surface area contributed by atoms with E-state index in [1.165, 1.54) is 6.07 Å². The number of nitrogens with zero attached hydrogens (tertiary/aromatic N) is 3. The molecule has 0 saturated heterocycles. The van der Waals surface area contributed by atoms with E-state index in [9.17, 15) is 4.79 Å². The molecule has 5 rings (SSSR count). The predicted octanol–water partition coefficient (Wildman–Crippen LogP) is 4.47. The lowest BCUT2D eigenvalue weighted by Gasteiger charge is -2.09. The van der Waals surface area contributed by atoms with Gasteiger partial charge in [-0.3, -0.25) is 0 Å². The standard InChI is InChI=1S/C24H19N3O3/c1-16-12-24(28)30-23-13-19(10-11-20(16)23)29-15-18-8-6-17(7-9-18)14-27-22-5-3-2-4-21(22)25-26-27/h2-13H,14-15H2,1H3. The Bertz CT molecular complexity index is 1400. The largest absolute Gasteiger partial charge is 0.489 e. The summed E-state index contributed by atoms with van der Waals surface area (Å²) in [6.07, 6.45) is 0. The first-order valence-electron chi connectivity index (χ1n) is 9.69. The van der Waals surface area contributed by atoms with Gasteiger partial charge in [0, 0.05) is 17.5 Å². The molecule has 0 aliphatic rings. The Labute approximate surface area is 172 Å². The molecule has 0 radical (unpaired) electrons. The van der Waals surface area contributed by atoms with E-state index in [1.807, 2.05) is 60.1 Å². The van der Waals surface area contributed by atoms with Crippen LogP contribution in [0.15, 0.2) is 82.0 Å². The van der Waals surface area contributed by atoms with Crippen molar-refractivity contribution in [3.8, 4) is 5.75 Å².